The minimum atomic E-state index is -0.126. The third kappa shape index (κ3) is 8.03. The summed E-state index contributed by atoms with van der Waals surface area (Å²) in [5, 5.41) is 6.55. The number of amides is 2. The Morgan fingerprint density at radius 2 is 1.87 bits per heavy atom. The number of nitrogens with one attached hydrogen (secondary N) is 2. The predicted molar refractivity (Wildman–Crippen MR) is 124 cm³/mol. The number of hydrogen-bond donors (Lipinski definition) is 2. The van der Waals surface area contributed by atoms with Crippen molar-refractivity contribution in [1.82, 2.24) is 10.6 Å². The van der Waals surface area contributed by atoms with Crippen LogP contribution in [0.3, 0.4) is 0 Å². The van der Waals surface area contributed by atoms with Crippen LogP contribution < -0.4 is 15.2 Å². The molecule has 1 aromatic heterocycles. The maximum absolute atomic E-state index is 12.4. The van der Waals surface area contributed by atoms with Crippen LogP contribution in [0.25, 0.3) is 0 Å². The van der Waals surface area contributed by atoms with Gasteiger partial charge in [0.15, 0.2) is 18.9 Å². The normalized spacial score (nSPS) is 15.7. The van der Waals surface area contributed by atoms with Crippen molar-refractivity contribution in [3.8, 4) is 0 Å². The molecule has 30 heavy (non-hydrogen) atoms. The molecule has 2 aromatic rings. The molecule has 3 rings (SSSR count). The van der Waals surface area contributed by atoms with Gasteiger partial charge in [0, 0.05) is 42.1 Å². The molecule has 5 nitrogen and oxygen atoms in total. The summed E-state index contributed by atoms with van der Waals surface area (Å²) >= 11 is 0. The molecular weight excluding hydrogens is 414 g/mol. The van der Waals surface area contributed by atoms with Gasteiger partial charge in [-0.1, -0.05) is 58.3 Å². The molecular formula is C23H30N3O2S2+. The molecule has 1 fully saturated rings. The topological polar surface area (TPSA) is 62.1 Å². The highest BCUT2D eigenvalue weighted by Gasteiger charge is 2.16. The van der Waals surface area contributed by atoms with Crippen molar-refractivity contribution in [3.05, 3.63) is 66.0 Å². The number of carbonyl (C=O) groups excluding carboxylic acids is 2. The van der Waals surface area contributed by atoms with Gasteiger partial charge in [0.1, 0.15) is 5.56 Å². The Morgan fingerprint density at radius 3 is 2.67 bits per heavy atom. The van der Waals surface area contributed by atoms with Gasteiger partial charge in [-0.15, -0.1) is 0 Å². The molecule has 1 aliphatic heterocycles. The number of nitrogens with zero attached hydrogens (tertiary/aromatic N) is 1. The van der Waals surface area contributed by atoms with E-state index in [4.69, 9.17) is 0 Å². The highest BCUT2D eigenvalue weighted by atomic mass is 33.1. The Hall–Kier alpha value is -1.99. The molecule has 7 heteroatoms. The number of unbranched alkanes of at least 4 members (excludes halogenated alkanes) is 1. The monoisotopic (exact) mass is 444 g/mol. The van der Waals surface area contributed by atoms with Crippen molar-refractivity contribution in [2.45, 2.75) is 43.9 Å². The fourth-order valence-electron chi connectivity index (χ4n) is 3.34. The van der Waals surface area contributed by atoms with Crippen LogP contribution >= 0.6 is 21.6 Å². The van der Waals surface area contributed by atoms with Gasteiger partial charge in [-0.05, 0) is 25.3 Å². The average molecular weight is 445 g/mol. The molecule has 2 heterocycles. The third-order valence-corrected chi connectivity index (χ3v) is 7.98. The van der Waals surface area contributed by atoms with Crippen LogP contribution in [-0.4, -0.2) is 35.9 Å². The summed E-state index contributed by atoms with van der Waals surface area (Å²) in [6.07, 6.45) is 8.93. The van der Waals surface area contributed by atoms with Crippen LogP contribution in [-0.2, 0) is 11.3 Å². The van der Waals surface area contributed by atoms with Crippen molar-refractivity contribution in [3.63, 3.8) is 0 Å². The number of pyridine rings is 1. The lowest BCUT2D eigenvalue weighted by Crippen LogP contribution is -2.37. The lowest BCUT2D eigenvalue weighted by atomic mass is 10.1. The van der Waals surface area contributed by atoms with Gasteiger partial charge >= 0.3 is 0 Å². The van der Waals surface area contributed by atoms with Crippen LogP contribution in [0.2, 0.25) is 0 Å². The molecule has 160 valence electrons. The summed E-state index contributed by atoms with van der Waals surface area (Å²) in [6, 6.07) is 13.8. The maximum atomic E-state index is 12.4. The standard InChI is InChI=1S/C23H29N3O2S2/c27-22(11-5-4-10-21-12-16-29-30-21)24-13-14-25-23(28)20-9-6-15-26(18-20)17-19-7-2-1-3-8-19/h1-3,6-9,15,18,21H,4-5,10-14,16-17H2,(H-,24,25,27,28)/p+1. The van der Waals surface area contributed by atoms with Crippen molar-refractivity contribution < 1.29 is 14.2 Å². The highest BCUT2D eigenvalue weighted by molar-refractivity contribution is 8.77. The van der Waals surface area contributed by atoms with E-state index in [1.54, 1.807) is 6.07 Å². The van der Waals surface area contributed by atoms with Gasteiger partial charge < -0.3 is 10.6 Å². The number of aromatic nitrogens is 1. The number of carbonyl (C=O) groups is 2. The maximum Gasteiger partial charge on any atom is 0.257 e. The smallest absolute Gasteiger partial charge is 0.257 e. The zero-order valence-electron chi connectivity index (χ0n) is 17.2. The predicted octanol–water partition coefficient (Wildman–Crippen LogP) is 3.58. The van der Waals surface area contributed by atoms with E-state index in [1.807, 2.05) is 62.8 Å². The number of benzene rings is 1. The Kier molecular flexibility index (Phi) is 9.57. The van der Waals surface area contributed by atoms with Crippen molar-refractivity contribution >= 4 is 33.4 Å². The summed E-state index contributed by atoms with van der Waals surface area (Å²) in [7, 11) is 3.96. The molecule has 1 atom stereocenters. The quantitative estimate of drug-likeness (QED) is 0.316. The zero-order chi connectivity index (χ0) is 21.0. The summed E-state index contributed by atoms with van der Waals surface area (Å²) in [5.41, 5.74) is 1.80. The Bertz CT molecular complexity index is 811. The first kappa shape index (κ1) is 22.7. The van der Waals surface area contributed by atoms with Gasteiger partial charge in [-0.3, -0.25) is 9.59 Å². The van der Waals surface area contributed by atoms with E-state index in [9.17, 15) is 9.59 Å². The molecule has 1 saturated heterocycles. The molecule has 0 bridgehead atoms. The van der Waals surface area contributed by atoms with Gasteiger partial charge in [0.25, 0.3) is 5.91 Å². The van der Waals surface area contributed by atoms with Crippen molar-refractivity contribution in [1.29, 1.82) is 0 Å². The third-order valence-electron chi connectivity index (χ3n) is 4.97. The Balaban J connectivity index is 1.30. The molecule has 1 aliphatic rings. The van der Waals surface area contributed by atoms with E-state index in [2.05, 4.69) is 22.8 Å². The Morgan fingerprint density at radius 1 is 1.03 bits per heavy atom. The average Bonchev–Trinajstić information content (AvgIpc) is 3.29. The fourth-order valence-corrected chi connectivity index (χ4v) is 6.37. The number of rotatable bonds is 11. The second-order valence-corrected chi connectivity index (χ2v) is 10.2. The van der Waals surface area contributed by atoms with E-state index in [-0.39, 0.29) is 11.8 Å². The lowest BCUT2D eigenvalue weighted by molar-refractivity contribution is -0.688. The first-order valence-electron chi connectivity index (χ1n) is 10.6. The summed E-state index contributed by atoms with van der Waals surface area (Å²) in [5.74, 6) is 1.20. The molecule has 0 radical (unpaired) electrons. The minimum absolute atomic E-state index is 0.0677. The minimum Gasteiger partial charge on any atom is -0.354 e. The van der Waals surface area contributed by atoms with Crippen LogP contribution in [0.4, 0.5) is 0 Å². The van der Waals surface area contributed by atoms with Crippen molar-refractivity contribution in [2.75, 3.05) is 18.8 Å². The lowest BCUT2D eigenvalue weighted by Gasteiger charge is -2.08. The van der Waals surface area contributed by atoms with Crippen molar-refractivity contribution in [2.24, 2.45) is 0 Å². The second kappa shape index (κ2) is 12.6. The molecule has 2 amide bonds. The first-order valence-corrected chi connectivity index (χ1v) is 12.9. The molecule has 1 aromatic carbocycles. The SMILES string of the molecule is O=C(CCCCC1CCSS1)NCCNC(=O)c1ccc[n+](Cc2ccccc2)c1. The van der Waals surface area contributed by atoms with E-state index >= 15 is 0 Å². The highest BCUT2D eigenvalue weighted by Crippen LogP contribution is 2.39. The largest absolute Gasteiger partial charge is 0.354 e. The van der Waals surface area contributed by atoms with Crippen LogP contribution in [0.15, 0.2) is 54.9 Å². The van der Waals surface area contributed by atoms with E-state index < -0.39 is 0 Å². The van der Waals surface area contributed by atoms with E-state index in [0.717, 1.165) is 24.6 Å². The first-order chi connectivity index (χ1) is 14.7. The molecule has 0 aliphatic carbocycles. The molecule has 1 unspecified atom stereocenters. The molecule has 0 saturated carbocycles. The van der Waals surface area contributed by atoms with Gasteiger partial charge in [-0.2, -0.15) is 4.57 Å². The van der Waals surface area contributed by atoms with Gasteiger partial charge in [-0.25, -0.2) is 0 Å². The molecule has 0 spiro atoms. The molecule has 2 N–H and O–H groups in total. The second-order valence-electron chi connectivity index (χ2n) is 7.43. The van der Waals surface area contributed by atoms with Crippen LogP contribution in [0.5, 0.6) is 0 Å². The van der Waals surface area contributed by atoms with E-state index in [0.29, 0.717) is 25.1 Å². The summed E-state index contributed by atoms with van der Waals surface area (Å²) in [4.78, 5) is 24.3. The van der Waals surface area contributed by atoms with Gasteiger partial charge in [0.05, 0.1) is 0 Å². The van der Waals surface area contributed by atoms with Crippen LogP contribution in [0.1, 0.15) is 48.0 Å². The summed E-state index contributed by atoms with van der Waals surface area (Å²) in [6.45, 7) is 1.60. The van der Waals surface area contributed by atoms with Crippen LogP contribution in [0, 0.1) is 0 Å². The zero-order valence-corrected chi connectivity index (χ0v) is 18.9. The summed E-state index contributed by atoms with van der Waals surface area (Å²) < 4.78 is 1.99. The van der Waals surface area contributed by atoms with Gasteiger partial charge in [0.2, 0.25) is 5.91 Å². The number of hydrogen-bond acceptors (Lipinski definition) is 4. The van der Waals surface area contributed by atoms with E-state index in [1.165, 1.54) is 24.2 Å². The Labute approximate surface area is 186 Å². The fraction of sp³-hybridized carbons (Fsp3) is 0.435.